The van der Waals surface area contributed by atoms with Crippen molar-refractivity contribution in [1.82, 2.24) is 15.0 Å². The molecule has 1 aliphatic rings. The maximum absolute atomic E-state index is 4.29. The Morgan fingerprint density at radius 1 is 1.05 bits per heavy atom. The molecule has 1 saturated carbocycles. The van der Waals surface area contributed by atoms with E-state index in [0.717, 1.165) is 18.2 Å². The van der Waals surface area contributed by atoms with Crippen molar-refractivity contribution in [3.8, 4) is 0 Å². The molecule has 104 valence electrons. The Morgan fingerprint density at radius 2 is 1.80 bits per heavy atom. The van der Waals surface area contributed by atoms with E-state index in [4.69, 9.17) is 0 Å². The summed E-state index contributed by atoms with van der Waals surface area (Å²) in [5.74, 6) is 1.75. The molecule has 0 radical (unpaired) electrons. The summed E-state index contributed by atoms with van der Waals surface area (Å²) in [6, 6.07) is 6.52. The lowest BCUT2D eigenvalue weighted by Crippen LogP contribution is -2.15. The van der Waals surface area contributed by atoms with E-state index in [1.807, 2.05) is 18.2 Å². The van der Waals surface area contributed by atoms with E-state index >= 15 is 0 Å². The molecule has 0 spiro atoms. The fourth-order valence-corrected chi connectivity index (χ4v) is 2.51. The first kappa shape index (κ1) is 12.8. The van der Waals surface area contributed by atoms with Gasteiger partial charge in [-0.3, -0.25) is 4.98 Å². The summed E-state index contributed by atoms with van der Waals surface area (Å²) in [6.07, 6.45) is 10.3. The first-order chi connectivity index (χ1) is 9.90. The number of hydrogen-bond donors (Lipinski definition) is 2. The van der Waals surface area contributed by atoms with Gasteiger partial charge in [-0.05, 0) is 30.5 Å². The lowest BCUT2D eigenvalue weighted by atomic mass is 10.2. The lowest BCUT2D eigenvalue weighted by Gasteiger charge is -2.13. The molecule has 2 heterocycles. The molecule has 1 aliphatic carbocycles. The highest BCUT2D eigenvalue weighted by molar-refractivity contribution is 5.47. The van der Waals surface area contributed by atoms with Crippen LogP contribution in [0.3, 0.4) is 0 Å². The van der Waals surface area contributed by atoms with Gasteiger partial charge in [0.05, 0.1) is 0 Å². The van der Waals surface area contributed by atoms with Gasteiger partial charge in [0.2, 0.25) is 0 Å². The number of nitrogens with zero attached hydrogens (tertiary/aromatic N) is 3. The average Bonchev–Trinajstić information content (AvgIpc) is 3.00. The molecule has 0 atom stereocenters. The number of nitrogens with one attached hydrogen (secondary N) is 2. The van der Waals surface area contributed by atoms with Crippen LogP contribution in [0.4, 0.5) is 11.6 Å². The maximum atomic E-state index is 4.29. The van der Waals surface area contributed by atoms with Crippen molar-refractivity contribution < 1.29 is 0 Å². The van der Waals surface area contributed by atoms with E-state index in [-0.39, 0.29) is 0 Å². The van der Waals surface area contributed by atoms with Gasteiger partial charge < -0.3 is 10.6 Å². The number of hydrogen-bond acceptors (Lipinski definition) is 5. The standard InChI is InChI=1S/C15H19N5/c1-2-4-13(3-1)20-15-9-14(18-11-19-15)17-10-12-5-7-16-8-6-12/h5-9,11,13H,1-4,10H2,(H2,17,18,19,20). The van der Waals surface area contributed by atoms with Gasteiger partial charge in [0.25, 0.3) is 0 Å². The predicted octanol–water partition coefficient (Wildman–Crippen LogP) is 2.84. The second-order valence-electron chi connectivity index (χ2n) is 5.12. The van der Waals surface area contributed by atoms with Gasteiger partial charge in [-0.15, -0.1) is 0 Å². The molecule has 0 unspecified atom stereocenters. The molecule has 0 bridgehead atoms. The summed E-state index contributed by atoms with van der Waals surface area (Å²) in [7, 11) is 0. The van der Waals surface area contributed by atoms with Crippen LogP contribution in [0.2, 0.25) is 0 Å². The van der Waals surface area contributed by atoms with Gasteiger partial charge in [0.15, 0.2) is 0 Å². The molecule has 5 nitrogen and oxygen atoms in total. The minimum absolute atomic E-state index is 0.568. The van der Waals surface area contributed by atoms with Gasteiger partial charge in [-0.1, -0.05) is 12.8 Å². The number of aromatic nitrogens is 3. The third-order valence-corrected chi connectivity index (χ3v) is 3.60. The van der Waals surface area contributed by atoms with Crippen LogP contribution in [0, 0.1) is 0 Å². The summed E-state index contributed by atoms with van der Waals surface area (Å²) < 4.78 is 0. The SMILES string of the molecule is c1cc(CNc2cc(NC3CCCC3)ncn2)ccn1. The number of rotatable bonds is 5. The van der Waals surface area contributed by atoms with Crippen LogP contribution in [-0.4, -0.2) is 21.0 Å². The van der Waals surface area contributed by atoms with Gasteiger partial charge >= 0.3 is 0 Å². The van der Waals surface area contributed by atoms with Crippen LogP contribution in [0.5, 0.6) is 0 Å². The van der Waals surface area contributed by atoms with Gasteiger partial charge in [0, 0.05) is 31.0 Å². The van der Waals surface area contributed by atoms with Gasteiger partial charge in [-0.25, -0.2) is 9.97 Å². The van der Waals surface area contributed by atoms with Crippen molar-refractivity contribution in [1.29, 1.82) is 0 Å². The number of anilines is 2. The monoisotopic (exact) mass is 269 g/mol. The average molecular weight is 269 g/mol. The molecule has 0 saturated heterocycles. The predicted molar refractivity (Wildman–Crippen MR) is 79.5 cm³/mol. The fourth-order valence-electron chi connectivity index (χ4n) is 2.51. The normalized spacial score (nSPS) is 15.2. The summed E-state index contributed by atoms with van der Waals surface area (Å²) in [6.45, 7) is 0.738. The summed E-state index contributed by atoms with van der Waals surface area (Å²) in [4.78, 5) is 12.5. The molecular weight excluding hydrogens is 250 g/mol. The zero-order chi connectivity index (χ0) is 13.6. The van der Waals surface area contributed by atoms with E-state index in [1.54, 1.807) is 18.7 Å². The Bertz CT molecular complexity index is 537. The summed E-state index contributed by atoms with van der Waals surface area (Å²) >= 11 is 0. The first-order valence-electron chi connectivity index (χ1n) is 7.11. The lowest BCUT2D eigenvalue weighted by molar-refractivity contribution is 0.750. The van der Waals surface area contributed by atoms with Crippen LogP contribution >= 0.6 is 0 Å². The zero-order valence-electron chi connectivity index (χ0n) is 11.4. The molecule has 2 aromatic heterocycles. The van der Waals surface area contributed by atoms with Crippen molar-refractivity contribution in [3.63, 3.8) is 0 Å². The van der Waals surface area contributed by atoms with Crippen molar-refractivity contribution in [2.75, 3.05) is 10.6 Å². The Kier molecular flexibility index (Phi) is 4.06. The Balaban J connectivity index is 1.59. The van der Waals surface area contributed by atoms with Crippen molar-refractivity contribution in [2.45, 2.75) is 38.3 Å². The third kappa shape index (κ3) is 3.44. The minimum atomic E-state index is 0.568. The fraction of sp³-hybridized carbons (Fsp3) is 0.400. The highest BCUT2D eigenvalue weighted by atomic mass is 15.1. The summed E-state index contributed by atoms with van der Waals surface area (Å²) in [5.41, 5.74) is 1.18. The smallest absolute Gasteiger partial charge is 0.131 e. The summed E-state index contributed by atoms with van der Waals surface area (Å²) in [5, 5.41) is 6.79. The Hall–Kier alpha value is -2.17. The molecule has 1 fully saturated rings. The Labute approximate surface area is 118 Å². The van der Waals surface area contributed by atoms with Gasteiger partial charge in [0.1, 0.15) is 18.0 Å². The molecule has 2 N–H and O–H groups in total. The van der Waals surface area contributed by atoms with Crippen LogP contribution in [0.15, 0.2) is 36.9 Å². The Morgan fingerprint density at radius 3 is 2.60 bits per heavy atom. The van der Waals surface area contributed by atoms with Crippen LogP contribution in [-0.2, 0) is 6.54 Å². The van der Waals surface area contributed by atoms with E-state index in [0.29, 0.717) is 6.04 Å². The second kappa shape index (κ2) is 6.32. The van der Waals surface area contributed by atoms with Crippen molar-refractivity contribution >= 4 is 11.6 Å². The van der Waals surface area contributed by atoms with Crippen LogP contribution in [0.25, 0.3) is 0 Å². The van der Waals surface area contributed by atoms with Crippen molar-refractivity contribution in [2.24, 2.45) is 0 Å². The quantitative estimate of drug-likeness (QED) is 0.874. The molecule has 20 heavy (non-hydrogen) atoms. The highest BCUT2D eigenvalue weighted by Crippen LogP contribution is 2.21. The van der Waals surface area contributed by atoms with Crippen LogP contribution in [0.1, 0.15) is 31.2 Å². The third-order valence-electron chi connectivity index (χ3n) is 3.60. The van der Waals surface area contributed by atoms with E-state index in [9.17, 15) is 0 Å². The minimum Gasteiger partial charge on any atom is -0.367 e. The van der Waals surface area contributed by atoms with E-state index in [2.05, 4.69) is 25.6 Å². The highest BCUT2D eigenvalue weighted by Gasteiger charge is 2.14. The number of pyridine rings is 1. The van der Waals surface area contributed by atoms with E-state index < -0.39 is 0 Å². The topological polar surface area (TPSA) is 62.7 Å². The molecule has 3 rings (SSSR count). The molecule has 0 amide bonds. The first-order valence-corrected chi connectivity index (χ1v) is 7.11. The second-order valence-corrected chi connectivity index (χ2v) is 5.12. The molecule has 0 aliphatic heterocycles. The van der Waals surface area contributed by atoms with Crippen molar-refractivity contribution in [3.05, 3.63) is 42.5 Å². The zero-order valence-corrected chi connectivity index (χ0v) is 11.4. The maximum Gasteiger partial charge on any atom is 0.131 e. The van der Waals surface area contributed by atoms with Crippen LogP contribution < -0.4 is 10.6 Å². The molecular formula is C15H19N5. The molecule has 0 aromatic carbocycles. The van der Waals surface area contributed by atoms with E-state index in [1.165, 1.54) is 31.2 Å². The molecule has 5 heteroatoms. The van der Waals surface area contributed by atoms with Gasteiger partial charge in [-0.2, -0.15) is 0 Å². The molecule has 2 aromatic rings. The largest absolute Gasteiger partial charge is 0.367 e.